The fourth-order valence-corrected chi connectivity index (χ4v) is 4.05. The number of carbonyl (C=O) groups is 1. The molecule has 0 spiro atoms. The third-order valence-electron chi connectivity index (χ3n) is 5.34. The molecule has 6 heteroatoms. The molecule has 3 aromatic rings. The normalized spacial score (nSPS) is 13.1. The van der Waals surface area contributed by atoms with E-state index in [4.69, 9.17) is 0 Å². The highest BCUT2D eigenvalue weighted by molar-refractivity contribution is 5.91. The lowest BCUT2D eigenvalue weighted by atomic mass is 10.0. The maximum absolute atomic E-state index is 12.8. The summed E-state index contributed by atoms with van der Waals surface area (Å²) in [4.78, 5) is 32.2. The van der Waals surface area contributed by atoms with E-state index >= 15 is 0 Å². The molecular formula is C24H26N4O2. The van der Waals surface area contributed by atoms with Crippen LogP contribution in [0.2, 0.25) is 0 Å². The van der Waals surface area contributed by atoms with Crippen molar-refractivity contribution in [1.82, 2.24) is 9.55 Å². The van der Waals surface area contributed by atoms with Crippen LogP contribution in [0.25, 0.3) is 0 Å². The Morgan fingerprint density at radius 2 is 1.73 bits per heavy atom. The minimum atomic E-state index is -0.244. The van der Waals surface area contributed by atoms with Crippen LogP contribution in [0.5, 0.6) is 0 Å². The predicted octanol–water partition coefficient (Wildman–Crippen LogP) is 3.37. The molecule has 2 aromatic carbocycles. The van der Waals surface area contributed by atoms with Gasteiger partial charge in [-0.3, -0.25) is 14.2 Å². The third kappa shape index (κ3) is 4.27. The Labute approximate surface area is 176 Å². The van der Waals surface area contributed by atoms with E-state index in [9.17, 15) is 9.59 Å². The number of fused-ring (bicyclic) bond motifs is 1. The van der Waals surface area contributed by atoms with Gasteiger partial charge in [-0.2, -0.15) is 0 Å². The van der Waals surface area contributed by atoms with Crippen LogP contribution in [0, 0.1) is 20.8 Å². The lowest BCUT2D eigenvalue weighted by Gasteiger charge is -2.31. The van der Waals surface area contributed by atoms with Gasteiger partial charge in [0.2, 0.25) is 11.9 Å². The van der Waals surface area contributed by atoms with Crippen LogP contribution in [0.4, 0.5) is 11.6 Å². The van der Waals surface area contributed by atoms with Gasteiger partial charge in [0.1, 0.15) is 6.54 Å². The standard InChI is InChI=1S/C24H26N4O2/c1-16-10-17(2)12-21(11-16)26-22(29)15-28-23(30)13-18(3)25-24(28)27-9-8-19-6-4-5-7-20(19)14-27/h4-7,10-13H,8-9,14-15H2,1-3H3,(H,26,29). The zero-order valence-corrected chi connectivity index (χ0v) is 17.6. The molecule has 30 heavy (non-hydrogen) atoms. The average Bonchev–Trinajstić information content (AvgIpc) is 2.68. The molecule has 0 radical (unpaired) electrons. The number of aromatic nitrogens is 2. The van der Waals surface area contributed by atoms with E-state index in [1.54, 1.807) is 0 Å². The van der Waals surface area contributed by atoms with E-state index in [-0.39, 0.29) is 18.0 Å². The monoisotopic (exact) mass is 402 g/mol. The van der Waals surface area contributed by atoms with Gasteiger partial charge in [-0.1, -0.05) is 30.3 Å². The van der Waals surface area contributed by atoms with Crippen molar-refractivity contribution in [3.8, 4) is 0 Å². The van der Waals surface area contributed by atoms with Crippen molar-refractivity contribution in [2.45, 2.75) is 40.3 Å². The highest BCUT2D eigenvalue weighted by Crippen LogP contribution is 2.23. The number of aryl methyl sites for hydroxylation is 3. The molecule has 0 fully saturated rings. The number of hydrogen-bond donors (Lipinski definition) is 1. The van der Waals surface area contributed by atoms with E-state index in [1.807, 2.05) is 45.0 Å². The van der Waals surface area contributed by atoms with Crippen LogP contribution >= 0.6 is 0 Å². The number of rotatable bonds is 4. The van der Waals surface area contributed by atoms with Crippen LogP contribution in [-0.4, -0.2) is 22.0 Å². The summed E-state index contributed by atoms with van der Waals surface area (Å²) in [6, 6.07) is 15.7. The molecule has 1 aliphatic rings. The van der Waals surface area contributed by atoms with Crippen LogP contribution in [0.3, 0.4) is 0 Å². The number of nitrogens with one attached hydrogen (secondary N) is 1. The van der Waals surface area contributed by atoms with E-state index in [1.165, 1.54) is 21.8 Å². The van der Waals surface area contributed by atoms with Crippen molar-refractivity contribution in [2.75, 3.05) is 16.8 Å². The molecule has 0 saturated heterocycles. The second kappa shape index (κ2) is 8.14. The molecule has 0 aliphatic carbocycles. The zero-order chi connectivity index (χ0) is 21.3. The van der Waals surface area contributed by atoms with Crippen LogP contribution < -0.4 is 15.8 Å². The molecular weight excluding hydrogens is 376 g/mol. The first kappa shape index (κ1) is 19.9. The van der Waals surface area contributed by atoms with Gasteiger partial charge in [0, 0.05) is 30.5 Å². The minimum Gasteiger partial charge on any atom is -0.337 e. The van der Waals surface area contributed by atoms with Crippen molar-refractivity contribution in [3.05, 3.63) is 86.8 Å². The molecule has 0 unspecified atom stereocenters. The predicted molar refractivity (Wildman–Crippen MR) is 119 cm³/mol. The molecule has 0 bridgehead atoms. The largest absolute Gasteiger partial charge is 0.337 e. The lowest BCUT2D eigenvalue weighted by Crippen LogP contribution is -2.38. The number of hydrogen-bond acceptors (Lipinski definition) is 4. The second-order valence-electron chi connectivity index (χ2n) is 7.99. The van der Waals surface area contributed by atoms with Crippen molar-refractivity contribution < 1.29 is 4.79 Å². The summed E-state index contributed by atoms with van der Waals surface area (Å²) in [6.45, 7) is 7.14. The molecule has 6 nitrogen and oxygen atoms in total. The van der Waals surface area contributed by atoms with Gasteiger partial charge in [0.25, 0.3) is 5.56 Å². The molecule has 1 aliphatic heterocycles. The van der Waals surface area contributed by atoms with Gasteiger partial charge < -0.3 is 10.2 Å². The molecule has 0 atom stereocenters. The number of carbonyl (C=O) groups excluding carboxylic acids is 1. The van der Waals surface area contributed by atoms with E-state index in [0.717, 1.165) is 29.8 Å². The van der Waals surface area contributed by atoms with Crippen LogP contribution in [-0.2, 0) is 24.3 Å². The second-order valence-corrected chi connectivity index (χ2v) is 7.99. The highest BCUT2D eigenvalue weighted by atomic mass is 16.2. The van der Waals surface area contributed by atoms with E-state index < -0.39 is 0 Å². The molecule has 1 aromatic heterocycles. The van der Waals surface area contributed by atoms with Gasteiger partial charge in [-0.15, -0.1) is 0 Å². The Bertz CT molecular complexity index is 1150. The van der Waals surface area contributed by atoms with Crippen molar-refractivity contribution in [2.24, 2.45) is 0 Å². The molecule has 154 valence electrons. The lowest BCUT2D eigenvalue weighted by molar-refractivity contribution is -0.116. The average molecular weight is 402 g/mol. The van der Waals surface area contributed by atoms with Crippen LogP contribution in [0.1, 0.15) is 27.9 Å². The van der Waals surface area contributed by atoms with Crippen molar-refractivity contribution in [3.63, 3.8) is 0 Å². The summed E-state index contributed by atoms with van der Waals surface area (Å²) in [5.41, 5.74) is 5.87. The Balaban J connectivity index is 1.61. The summed E-state index contributed by atoms with van der Waals surface area (Å²) < 4.78 is 1.47. The molecule has 4 rings (SSSR count). The number of amides is 1. The Morgan fingerprint density at radius 1 is 1.03 bits per heavy atom. The van der Waals surface area contributed by atoms with Crippen molar-refractivity contribution >= 4 is 17.5 Å². The summed E-state index contributed by atoms with van der Waals surface area (Å²) in [5, 5.41) is 2.91. The topological polar surface area (TPSA) is 67.2 Å². The summed E-state index contributed by atoms with van der Waals surface area (Å²) in [7, 11) is 0. The first-order valence-electron chi connectivity index (χ1n) is 10.2. The fraction of sp³-hybridized carbons (Fsp3) is 0.292. The quantitative estimate of drug-likeness (QED) is 0.727. The third-order valence-corrected chi connectivity index (χ3v) is 5.34. The van der Waals surface area contributed by atoms with E-state index in [0.29, 0.717) is 18.2 Å². The van der Waals surface area contributed by atoms with Gasteiger partial charge >= 0.3 is 0 Å². The van der Waals surface area contributed by atoms with E-state index in [2.05, 4.69) is 33.4 Å². The smallest absolute Gasteiger partial charge is 0.255 e. The first-order chi connectivity index (χ1) is 14.4. The van der Waals surface area contributed by atoms with Gasteiger partial charge in [-0.05, 0) is 61.6 Å². The highest BCUT2D eigenvalue weighted by Gasteiger charge is 2.22. The van der Waals surface area contributed by atoms with Gasteiger partial charge in [0.05, 0.1) is 0 Å². The Hall–Kier alpha value is -3.41. The maximum Gasteiger partial charge on any atom is 0.255 e. The van der Waals surface area contributed by atoms with Gasteiger partial charge in [0.15, 0.2) is 0 Å². The Morgan fingerprint density at radius 3 is 2.47 bits per heavy atom. The number of nitrogens with zero attached hydrogens (tertiary/aromatic N) is 3. The van der Waals surface area contributed by atoms with Crippen molar-refractivity contribution in [1.29, 1.82) is 0 Å². The molecule has 1 amide bonds. The number of anilines is 2. The van der Waals surface area contributed by atoms with Crippen LogP contribution in [0.15, 0.2) is 53.3 Å². The molecule has 1 N–H and O–H groups in total. The summed E-state index contributed by atoms with van der Waals surface area (Å²) in [6.07, 6.45) is 0.884. The summed E-state index contributed by atoms with van der Waals surface area (Å²) in [5.74, 6) is 0.302. The molecule has 0 saturated carbocycles. The Kier molecular flexibility index (Phi) is 5.40. The zero-order valence-electron chi connectivity index (χ0n) is 17.6. The maximum atomic E-state index is 12.8. The SMILES string of the molecule is Cc1cc(C)cc(NC(=O)Cn2c(N3CCc4ccccc4C3)nc(C)cc2=O)c1. The molecule has 2 heterocycles. The first-order valence-corrected chi connectivity index (χ1v) is 10.2. The fourth-order valence-electron chi connectivity index (χ4n) is 4.05. The van der Waals surface area contributed by atoms with Gasteiger partial charge in [-0.25, -0.2) is 4.98 Å². The number of benzene rings is 2. The minimum absolute atomic E-state index is 0.0768. The summed E-state index contributed by atoms with van der Waals surface area (Å²) >= 11 is 0.